The minimum atomic E-state index is -2.02. The van der Waals surface area contributed by atoms with Gasteiger partial charge in [0.25, 0.3) is 5.97 Å². The van der Waals surface area contributed by atoms with Crippen molar-refractivity contribution in [3.63, 3.8) is 0 Å². The molecule has 0 saturated heterocycles. The topological polar surface area (TPSA) is 69.9 Å². The third-order valence-electron chi connectivity index (χ3n) is 2.46. The zero-order valence-electron chi connectivity index (χ0n) is 11.4. The number of benzene rings is 1. The van der Waals surface area contributed by atoms with Crippen molar-refractivity contribution in [2.45, 2.75) is 39.1 Å². The third kappa shape index (κ3) is 9.13. The van der Waals surface area contributed by atoms with Gasteiger partial charge in [-0.2, -0.15) is 0 Å². The van der Waals surface area contributed by atoms with Crippen molar-refractivity contribution in [3.05, 3.63) is 35.4 Å². The second-order valence-corrected chi connectivity index (χ2v) is 4.28. The van der Waals surface area contributed by atoms with Gasteiger partial charge in [-0.3, -0.25) is 0 Å². The molecule has 3 N–H and O–H groups in total. The quantitative estimate of drug-likeness (QED) is 0.554. The van der Waals surface area contributed by atoms with E-state index in [1.807, 2.05) is 0 Å². The standard InChI is InChI=1S/C8H10.C6H14O4/c1-7-3-5-8(2)6-4-7;1-10-6(8,9)4-2-3-5-7/h3-6H,1-2H3;7-9H,2-5H2,1H3. The number of hydrogen-bond donors (Lipinski definition) is 3. The van der Waals surface area contributed by atoms with Crippen LogP contribution in [0, 0.1) is 13.8 Å². The van der Waals surface area contributed by atoms with Gasteiger partial charge in [0.1, 0.15) is 0 Å². The van der Waals surface area contributed by atoms with E-state index in [9.17, 15) is 0 Å². The molecular formula is C14H24O4. The number of methoxy groups -OCH3 is 1. The highest BCUT2D eigenvalue weighted by Gasteiger charge is 2.20. The van der Waals surface area contributed by atoms with Crippen LogP contribution in [0.15, 0.2) is 24.3 Å². The normalized spacial score (nSPS) is 10.8. The lowest BCUT2D eigenvalue weighted by atomic mass is 10.2. The number of ether oxygens (including phenoxy) is 1. The second-order valence-electron chi connectivity index (χ2n) is 4.28. The SMILES string of the molecule is COC(O)(O)CCCCO.Cc1ccc(C)cc1. The van der Waals surface area contributed by atoms with Gasteiger partial charge in [-0.25, -0.2) is 0 Å². The molecule has 0 amide bonds. The predicted octanol–water partition coefficient (Wildman–Crippen LogP) is 1.74. The number of rotatable bonds is 5. The zero-order valence-corrected chi connectivity index (χ0v) is 11.4. The van der Waals surface area contributed by atoms with Crippen LogP contribution in [0.25, 0.3) is 0 Å². The summed E-state index contributed by atoms with van der Waals surface area (Å²) < 4.78 is 4.31. The summed E-state index contributed by atoms with van der Waals surface area (Å²) in [5, 5.41) is 25.9. The van der Waals surface area contributed by atoms with E-state index in [0.29, 0.717) is 12.8 Å². The average Bonchev–Trinajstić information content (AvgIpc) is 2.34. The van der Waals surface area contributed by atoms with Gasteiger partial charge in [-0.05, 0) is 26.7 Å². The Bertz CT molecular complexity index is 285. The zero-order chi connectivity index (χ0) is 14.0. The van der Waals surface area contributed by atoms with Crippen LogP contribution < -0.4 is 0 Å². The Morgan fingerprint density at radius 2 is 1.44 bits per heavy atom. The van der Waals surface area contributed by atoms with Crippen LogP contribution in [-0.4, -0.2) is 35.0 Å². The molecule has 0 heterocycles. The summed E-state index contributed by atoms with van der Waals surface area (Å²) in [6.45, 7) is 4.26. The van der Waals surface area contributed by atoms with E-state index in [-0.39, 0.29) is 13.0 Å². The highest BCUT2D eigenvalue weighted by atomic mass is 16.8. The largest absolute Gasteiger partial charge is 0.396 e. The van der Waals surface area contributed by atoms with Crippen LogP contribution in [0.3, 0.4) is 0 Å². The molecule has 0 aliphatic heterocycles. The predicted molar refractivity (Wildman–Crippen MR) is 71.0 cm³/mol. The molecule has 1 aromatic carbocycles. The number of aliphatic hydroxyl groups is 3. The lowest BCUT2D eigenvalue weighted by Crippen LogP contribution is -2.29. The Hall–Kier alpha value is -0.940. The molecule has 0 unspecified atom stereocenters. The Morgan fingerprint density at radius 3 is 1.78 bits per heavy atom. The first-order valence-electron chi connectivity index (χ1n) is 6.05. The number of unbranched alkanes of at least 4 members (excludes halogenated alkanes) is 1. The Balaban J connectivity index is 0.000000327. The lowest BCUT2D eigenvalue weighted by molar-refractivity contribution is -0.329. The summed E-state index contributed by atoms with van der Waals surface area (Å²) in [5.41, 5.74) is 2.66. The molecule has 1 aromatic rings. The summed E-state index contributed by atoms with van der Waals surface area (Å²) in [7, 11) is 1.22. The Labute approximate surface area is 109 Å². The van der Waals surface area contributed by atoms with E-state index in [0.717, 1.165) is 0 Å². The second kappa shape index (κ2) is 9.05. The van der Waals surface area contributed by atoms with Crippen LogP contribution in [0.4, 0.5) is 0 Å². The van der Waals surface area contributed by atoms with Crippen molar-refractivity contribution in [1.29, 1.82) is 0 Å². The first-order valence-corrected chi connectivity index (χ1v) is 6.05. The van der Waals surface area contributed by atoms with Crippen LogP contribution in [0.1, 0.15) is 30.4 Å². The molecule has 0 radical (unpaired) electrons. The maximum atomic E-state index is 8.80. The van der Waals surface area contributed by atoms with Gasteiger partial charge in [0.2, 0.25) is 0 Å². The van der Waals surface area contributed by atoms with Crippen LogP contribution in [-0.2, 0) is 4.74 Å². The number of aliphatic hydroxyl groups excluding tert-OH is 1. The Morgan fingerprint density at radius 1 is 1.00 bits per heavy atom. The summed E-state index contributed by atoms with van der Waals surface area (Å²) in [6.07, 6.45) is 1.23. The molecule has 0 fully saturated rings. The van der Waals surface area contributed by atoms with Crippen molar-refractivity contribution < 1.29 is 20.1 Å². The molecule has 4 nitrogen and oxygen atoms in total. The molecule has 0 aliphatic rings. The van der Waals surface area contributed by atoms with Gasteiger partial charge in [-0.15, -0.1) is 0 Å². The highest BCUT2D eigenvalue weighted by molar-refractivity contribution is 5.19. The first kappa shape index (κ1) is 17.1. The summed E-state index contributed by atoms with van der Waals surface area (Å²) in [4.78, 5) is 0. The molecule has 0 bridgehead atoms. The van der Waals surface area contributed by atoms with Gasteiger partial charge in [-0.1, -0.05) is 35.4 Å². The Kier molecular flexibility index (Phi) is 8.58. The van der Waals surface area contributed by atoms with Crippen molar-refractivity contribution in [1.82, 2.24) is 0 Å². The van der Waals surface area contributed by atoms with E-state index < -0.39 is 5.97 Å². The van der Waals surface area contributed by atoms with Crippen molar-refractivity contribution in [2.75, 3.05) is 13.7 Å². The van der Waals surface area contributed by atoms with Crippen molar-refractivity contribution >= 4 is 0 Å². The lowest BCUT2D eigenvalue weighted by Gasteiger charge is -2.18. The van der Waals surface area contributed by atoms with E-state index in [1.54, 1.807) is 0 Å². The van der Waals surface area contributed by atoms with Gasteiger partial charge < -0.3 is 20.1 Å². The maximum absolute atomic E-state index is 8.80. The van der Waals surface area contributed by atoms with E-state index in [4.69, 9.17) is 15.3 Å². The van der Waals surface area contributed by atoms with Crippen LogP contribution >= 0.6 is 0 Å². The first-order chi connectivity index (χ1) is 8.41. The summed E-state index contributed by atoms with van der Waals surface area (Å²) >= 11 is 0. The highest BCUT2D eigenvalue weighted by Crippen LogP contribution is 2.10. The van der Waals surface area contributed by atoms with Gasteiger partial charge in [0.05, 0.1) is 0 Å². The van der Waals surface area contributed by atoms with Gasteiger partial charge in [0, 0.05) is 20.1 Å². The molecule has 1 rings (SSSR count). The average molecular weight is 256 g/mol. The summed E-state index contributed by atoms with van der Waals surface area (Å²) in [5.74, 6) is -2.02. The third-order valence-corrected chi connectivity index (χ3v) is 2.46. The summed E-state index contributed by atoms with van der Waals surface area (Å²) in [6, 6.07) is 8.48. The van der Waals surface area contributed by atoms with Gasteiger partial charge in [0.15, 0.2) is 0 Å². The fourth-order valence-electron chi connectivity index (χ4n) is 1.21. The minimum absolute atomic E-state index is 0.0692. The van der Waals surface area contributed by atoms with E-state index in [1.165, 1.54) is 18.2 Å². The van der Waals surface area contributed by atoms with E-state index >= 15 is 0 Å². The molecule has 0 saturated carbocycles. The number of aryl methyl sites for hydroxylation is 2. The van der Waals surface area contributed by atoms with Gasteiger partial charge >= 0.3 is 0 Å². The smallest absolute Gasteiger partial charge is 0.277 e. The molecule has 0 spiro atoms. The van der Waals surface area contributed by atoms with E-state index in [2.05, 4.69) is 42.8 Å². The fraction of sp³-hybridized carbons (Fsp3) is 0.571. The number of hydrogen-bond acceptors (Lipinski definition) is 4. The molecule has 104 valence electrons. The fourth-order valence-corrected chi connectivity index (χ4v) is 1.21. The molecular weight excluding hydrogens is 232 g/mol. The van der Waals surface area contributed by atoms with Crippen LogP contribution in [0.2, 0.25) is 0 Å². The molecule has 0 aliphatic carbocycles. The molecule has 18 heavy (non-hydrogen) atoms. The maximum Gasteiger partial charge on any atom is 0.277 e. The van der Waals surface area contributed by atoms with Crippen molar-refractivity contribution in [3.8, 4) is 0 Å². The monoisotopic (exact) mass is 256 g/mol. The minimum Gasteiger partial charge on any atom is -0.396 e. The molecule has 0 aromatic heterocycles. The van der Waals surface area contributed by atoms with Crippen LogP contribution in [0.5, 0.6) is 0 Å². The molecule has 4 heteroatoms. The van der Waals surface area contributed by atoms with Crippen molar-refractivity contribution in [2.24, 2.45) is 0 Å². The molecule has 0 atom stereocenters.